The number of halogens is 1. The predicted octanol–water partition coefficient (Wildman–Crippen LogP) is 3.40. The van der Waals surface area contributed by atoms with E-state index in [9.17, 15) is 4.79 Å². The Hall–Kier alpha value is -1.68. The largest absolute Gasteiger partial charge is 0.307 e. The highest BCUT2D eigenvalue weighted by molar-refractivity contribution is 9.10. The first-order valence-electron chi connectivity index (χ1n) is 5.15. The van der Waals surface area contributed by atoms with Gasteiger partial charge in [-0.05, 0) is 42.8 Å². The maximum Gasteiger partial charge on any atom is 0.256 e. The van der Waals surface area contributed by atoms with Crippen LogP contribution in [-0.2, 0) is 0 Å². The second-order valence-electron chi connectivity index (χ2n) is 3.69. The van der Waals surface area contributed by atoms with Crippen LogP contribution in [0, 0.1) is 6.92 Å². The molecule has 1 amide bonds. The molecule has 86 valence electrons. The quantitative estimate of drug-likeness (QED) is 0.921. The van der Waals surface area contributed by atoms with Crippen molar-refractivity contribution in [1.29, 1.82) is 0 Å². The van der Waals surface area contributed by atoms with E-state index in [2.05, 4.69) is 26.2 Å². The van der Waals surface area contributed by atoms with Gasteiger partial charge in [-0.3, -0.25) is 4.79 Å². The van der Waals surface area contributed by atoms with Crippen LogP contribution in [0.15, 0.2) is 47.1 Å². The van der Waals surface area contributed by atoms with E-state index >= 15 is 0 Å². The van der Waals surface area contributed by atoms with Gasteiger partial charge in [0, 0.05) is 16.2 Å². The molecule has 0 saturated carbocycles. The van der Waals surface area contributed by atoms with Crippen LogP contribution in [0.25, 0.3) is 0 Å². The molecule has 1 N–H and O–H groups in total. The number of carbonyl (C=O) groups excluding carboxylic acids is 1. The third-order valence-corrected chi connectivity index (χ3v) is 2.67. The van der Waals surface area contributed by atoms with E-state index in [-0.39, 0.29) is 5.91 Å². The summed E-state index contributed by atoms with van der Waals surface area (Å²) in [4.78, 5) is 16.0. The van der Waals surface area contributed by atoms with Crippen molar-refractivity contribution in [3.63, 3.8) is 0 Å². The second-order valence-corrected chi connectivity index (χ2v) is 4.60. The van der Waals surface area contributed by atoms with Crippen molar-refractivity contribution in [1.82, 2.24) is 4.98 Å². The molecule has 1 heterocycles. The van der Waals surface area contributed by atoms with Crippen LogP contribution in [-0.4, -0.2) is 10.9 Å². The number of aromatic nitrogens is 1. The Labute approximate surface area is 108 Å². The lowest BCUT2D eigenvalue weighted by Gasteiger charge is -2.05. The van der Waals surface area contributed by atoms with Gasteiger partial charge in [0.2, 0.25) is 0 Å². The monoisotopic (exact) mass is 290 g/mol. The van der Waals surface area contributed by atoms with Crippen molar-refractivity contribution in [2.45, 2.75) is 6.92 Å². The van der Waals surface area contributed by atoms with Crippen LogP contribution in [0.5, 0.6) is 0 Å². The summed E-state index contributed by atoms with van der Waals surface area (Å²) in [5, 5.41) is 2.74. The Morgan fingerprint density at radius 2 is 2.12 bits per heavy atom. The minimum absolute atomic E-state index is 0.159. The van der Waals surface area contributed by atoms with E-state index in [1.54, 1.807) is 24.4 Å². The number of hydrogen-bond donors (Lipinski definition) is 1. The Morgan fingerprint density at radius 1 is 1.29 bits per heavy atom. The molecule has 0 fully saturated rings. The van der Waals surface area contributed by atoms with Gasteiger partial charge in [0.05, 0.1) is 0 Å². The van der Waals surface area contributed by atoms with Gasteiger partial charge in [0.25, 0.3) is 5.91 Å². The molecule has 0 aliphatic carbocycles. The number of hydrogen-bond acceptors (Lipinski definition) is 2. The Kier molecular flexibility index (Phi) is 3.54. The number of carbonyl (C=O) groups is 1. The minimum Gasteiger partial charge on any atom is -0.307 e. The number of benzene rings is 1. The summed E-state index contributed by atoms with van der Waals surface area (Å²) < 4.78 is 0.892. The molecule has 1 aromatic heterocycles. The van der Waals surface area contributed by atoms with Crippen LogP contribution in [0.4, 0.5) is 5.82 Å². The van der Waals surface area contributed by atoms with Crippen molar-refractivity contribution >= 4 is 27.7 Å². The highest BCUT2D eigenvalue weighted by atomic mass is 79.9. The second kappa shape index (κ2) is 5.10. The van der Waals surface area contributed by atoms with Crippen molar-refractivity contribution in [3.05, 3.63) is 58.2 Å². The molecule has 0 spiro atoms. The zero-order valence-corrected chi connectivity index (χ0v) is 10.9. The molecule has 4 heteroatoms. The first-order valence-corrected chi connectivity index (χ1v) is 5.94. The minimum atomic E-state index is -0.159. The fourth-order valence-electron chi connectivity index (χ4n) is 1.49. The number of amides is 1. The average molecular weight is 291 g/mol. The predicted molar refractivity (Wildman–Crippen MR) is 71.1 cm³/mol. The normalized spacial score (nSPS) is 10.0. The van der Waals surface area contributed by atoms with Gasteiger partial charge in [-0.25, -0.2) is 4.98 Å². The molecular weight excluding hydrogens is 280 g/mol. The maximum absolute atomic E-state index is 11.9. The van der Waals surface area contributed by atoms with Crippen LogP contribution >= 0.6 is 15.9 Å². The third-order valence-electron chi connectivity index (χ3n) is 2.21. The number of nitrogens with zero attached hydrogens (tertiary/aromatic N) is 1. The van der Waals surface area contributed by atoms with Gasteiger partial charge in [0.1, 0.15) is 5.82 Å². The van der Waals surface area contributed by atoms with E-state index in [0.29, 0.717) is 11.4 Å². The average Bonchev–Trinajstić information content (AvgIpc) is 2.29. The topological polar surface area (TPSA) is 42.0 Å². The number of rotatable bonds is 2. The summed E-state index contributed by atoms with van der Waals surface area (Å²) in [6, 6.07) is 11.0. The molecule has 3 nitrogen and oxygen atoms in total. The highest BCUT2D eigenvalue weighted by Gasteiger charge is 2.07. The summed E-state index contributed by atoms with van der Waals surface area (Å²) in [5.74, 6) is 0.392. The molecule has 0 aliphatic rings. The zero-order valence-electron chi connectivity index (χ0n) is 9.27. The molecule has 0 aliphatic heterocycles. The molecule has 2 rings (SSSR count). The molecule has 0 unspecified atom stereocenters. The highest BCUT2D eigenvalue weighted by Crippen LogP contribution is 2.16. The lowest BCUT2D eigenvalue weighted by atomic mass is 10.1. The number of aryl methyl sites for hydroxylation is 1. The van der Waals surface area contributed by atoms with Gasteiger partial charge in [-0.15, -0.1) is 0 Å². The molecule has 0 bridgehead atoms. The molecular formula is C13H11BrN2O. The van der Waals surface area contributed by atoms with Crippen molar-refractivity contribution < 1.29 is 4.79 Å². The smallest absolute Gasteiger partial charge is 0.256 e. The third kappa shape index (κ3) is 3.14. The van der Waals surface area contributed by atoms with Gasteiger partial charge < -0.3 is 5.32 Å². The number of nitrogens with one attached hydrogen (secondary N) is 1. The molecule has 0 atom stereocenters. The van der Waals surface area contributed by atoms with Crippen LogP contribution in [0.2, 0.25) is 0 Å². The lowest BCUT2D eigenvalue weighted by Crippen LogP contribution is -2.12. The van der Waals surface area contributed by atoms with Crippen molar-refractivity contribution in [2.24, 2.45) is 0 Å². The Balaban J connectivity index is 2.20. The van der Waals surface area contributed by atoms with Gasteiger partial charge in [-0.1, -0.05) is 22.0 Å². The van der Waals surface area contributed by atoms with E-state index in [1.807, 2.05) is 25.1 Å². The first-order chi connectivity index (χ1) is 8.15. The summed E-state index contributed by atoms with van der Waals surface area (Å²) in [6.45, 7) is 1.95. The first kappa shape index (κ1) is 11.8. The summed E-state index contributed by atoms with van der Waals surface area (Å²) in [6.07, 6.45) is 1.64. The van der Waals surface area contributed by atoms with Gasteiger partial charge in [-0.2, -0.15) is 0 Å². The van der Waals surface area contributed by atoms with Crippen LogP contribution in [0.3, 0.4) is 0 Å². The molecule has 1 aromatic carbocycles. The molecule has 2 aromatic rings. The van der Waals surface area contributed by atoms with E-state index < -0.39 is 0 Å². The van der Waals surface area contributed by atoms with Crippen LogP contribution in [0.1, 0.15) is 15.9 Å². The van der Waals surface area contributed by atoms with Crippen molar-refractivity contribution in [3.8, 4) is 0 Å². The summed E-state index contributed by atoms with van der Waals surface area (Å²) >= 11 is 3.37. The number of anilines is 1. The van der Waals surface area contributed by atoms with E-state index in [0.717, 1.165) is 10.0 Å². The van der Waals surface area contributed by atoms with Gasteiger partial charge in [0.15, 0.2) is 0 Å². The fraction of sp³-hybridized carbons (Fsp3) is 0.0769. The SMILES string of the molecule is Cc1cc(Br)cc(C(=O)Nc2ccccn2)c1. The zero-order chi connectivity index (χ0) is 12.3. The molecule has 17 heavy (non-hydrogen) atoms. The maximum atomic E-state index is 11.9. The standard InChI is InChI=1S/C13H11BrN2O/c1-9-6-10(8-11(14)7-9)13(17)16-12-4-2-3-5-15-12/h2-8H,1H3,(H,15,16,17). The fourth-order valence-corrected chi connectivity index (χ4v) is 2.10. The lowest BCUT2D eigenvalue weighted by molar-refractivity contribution is 0.102. The van der Waals surface area contributed by atoms with E-state index in [1.165, 1.54) is 0 Å². The summed E-state index contributed by atoms with van der Waals surface area (Å²) in [7, 11) is 0. The van der Waals surface area contributed by atoms with Crippen molar-refractivity contribution in [2.75, 3.05) is 5.32 Å². The Morgan fingerprint density at radius 3 is 2.76 bits per heavy atom. The number of pyridine rings is 1. The van der Waals surface area contributed by atoms with Crippen LogP contribution < -0.4 is 5.32 Å². The summed E-state index contributed by atoms with van der Waals surface area (Å²) in [5.41, 5.74) is 1.65. The molecule has 0 radical (unpaired) electrons. The van der Waals surface area contributed by atoms with E-state index in [4.69, 9.17) is 0 Å². The van der Waals surface area contributed by atoms with Gasteiger partial charge >= 0.3 is 0 Å². The Bertz CT molecular complexity index is 520. The molecule has 0 saturated heterocycles.